The molecule has 98 valence electrons. The fourth-order valence-corrected chi connectivity index (χ4v) is 5.10. The standard InChI is InChI=1S/C11H27N2OPS/c1-5-7-8-9-11-16-15(12,13(3)4)14-10-6-2/h12H,5-11H2,1-4H3/p+1. The SMILES string of the molecule is CCCCCCSP(N)(OCCC)=[N+](C)C. The van der Waals surface area contributed by atoms with Crippen molar-refractivity contribution in [3.63, 3.8) is 0 Å². The molecule has 0 aromatic carbocycles. The topological polar surface area (TPSA) is 38.3 Å². The molecular weight excluding hydrogens is 239 g/mol. The molecule has 3 nitrogen and oxygen atoms in total. The summed E-state index contributed by atoms with van der Waals surface area (Å²) >= 11 is 1.81. The van der Waals surface area contributed by atoms with E-state index in [1.54, 1.807) is 0 Å². The van der Waals surface area contributed by atoms with Crippen LogP contribution in [0.15, 0.2) is 0 Å². The van der Waals surface area contributed by atoms with Crippen LogP contribution in [0.3, 0.4) is 0 Å². The van der Waals surface area contributed by atoms with Gasteiger partial charge < -0.3 is 0 Å². The monoisotopic (exact) mass is 267 g/mol. The van der Waals surface area contributed by atoms with Crippen molar-refractivity contribution < 1.29 is 8.85 Å². The summed E-state index contributed by atoms with van der Waals surface area (Å²) in [6.45, 7) is 3.26. The number of rotatable bonds is 9. The molecule has 0 rings (SSSR count). The van der Waals surface area contributed by atoms with E-state index in [2.05, 4.69) is 18.2 Å². The van der Waals surface area contributed by atoms with Crippen LogP contribution in [-0.2, 0) is 4.52 Å². The zero-order chi connectivity index (χ0) is 12.4. The van der Waals surface area contributed by atoms with Gasteiger partial charge in [0.15, 0.2) is 0 Å². The van der Waals surface area contributed by atoms with Crippen molar-refractivity contribution in [1.29, 1.82) is 0 Å². The number of nitrogens with zero attached hydrogens (tertiary/aromatic N) is 1. The van der Waals surface area contributed by atoms with Gasteiger partial charge in [0.2, 0.25) is 0 Å². The fraction of sp³-hybridized carbons (Fsp3) is 1.00. The molecule has 1 unspecified atom stereocenters. The van der Waals surface area contributed by atoms with Gasteiger partial charge in [0.05, 0.1) is 6.61 Å². The molecular formula is C11H28N2OPS+. The molecule has 0 aliphatic heterocycles. The highest BCUT2D eigenvalue weighted by Crippen LogP contribution is 2.54. The lowest BCUT2D eigenvalue weighted by atomic mass is 10.2. The summed E-state index contributed by atoms with van der Waals surface area (Å²) in [6, 6.07) is 0. The van der Waals surface area contributed by atoms with Crippen molar-refractivity contribution in [3.05, 3.63) is 0 Å². The van der Waals surface area contributed by atoms with Crippen molar-refractivity contribution >= 4 is 18.0 Å². The van der Waals surface area contributed by atoms with E-state index >= 15 is 0 Å². The third kappa shape index (κ3) is 6.95. The molecule has 0 aliphatic rings. The number of hydrogen-bond donors (Lipinski definition) is 1. The Morgan fingerprint density at radius 1 is 1.12 bits per heavy atom. The summed E-state index contributed by atoms with van der Waals surface area (Å²) in [6.07, 6.45) is 6.20. The lowest BCUT2D eigenvalue weighted by molar-refractivity contribution is -0.447. The third-order valence-electron chi connectivity index (χ3n) is 2.31. The maximum Gasteiger partial charge on any atom is 0.350 e. The molecule has 5 heteroatoms. The van der Waals surface area contributed by atoms with Crippen molar-refractivity contribution in [2.45, 2.75) is 46.0 Å². The largest absolute Gasteiger partial charge is 0.350 e. The highest BCUT2D eigenvalue weighted by Gasteiger charge is 2.23. The summed E-state index contributed by atoms with van der Waals surface area (Å²) in [4.78, 5) is 0. The average Bonchev–Trinajstić information content (AvgIpc) is 2.26. The Morgan fingerprint density at radius 3 is 2.31 bits per heavy atom. The van der Waals surface area contributed by atoms with E-state index in [-0.39, 0.29) is 0 Å². The van der Waals surface area contributed by atoms with E-state index in [1.165, 1.54) is 25.7 Å². The van der Waals surface area contributed by atoms with Gasteiger partial charge in [-0.1, -0.05) is 33.1 Å². The van der Waals surface area contributed by atoms with Gasteiger partial charge in [-0.2, -0.15) is 0 Å². The minimum absolute atomic E-state index is 0.768. The minimum atomic E-state index is -1.86. The zero-order valence-corrected chi connectivity index (χ0v) is 12.9. The Kier molecular flexibility index (Phi) is 9.82. The zero-order valence-electron chi connectivity index (χ0n) is 11.2. The van der Waals surface area contributed by atoms with Crippen LogP contribution in [0.5, 0.6) is 0 Å². The second kappa shape index (κ2) is 9.52. The second-order valence-corrected chi connectivity index (χ2v) is 9.34. The molecule has 0 saturated heterocycles. The third-order valence-corrected chi connectivity index (χ3v) is 7.77. The highest BCUT2D eigenvalue weighted by atomic mass is 32.7. The van der Waals surface area contributed by atoms with Gasteiger partial charge in [-0.25, -0.2) is 9.83 Å². The van der Waals surface area contributed by atoms with Crippen molar-refractivity contribution in [2.75, 3.05) is 26.5 Å². The Labute approximate surface area is 105 Å². The summed E-state index contributed by atoms with van der Waals surface area (Å²) in [5, 5.41) is 0. The molecule has 0 heterocycles. The molecule has 0 radical (unpaired) electrons. The van der Waals surface area contributed by atoms with Crippen molar-refractivity contribution in [3.8, 4) is 0 Å². The van der Waals surface area contributed by atoms with E-state index in [0.717, 1.165) is 18.8 Å². The highest BCUT2D eigenvalue weighted by molar-refractivity contribution is 8.55. The summed E-state index contributed by atoms with van der Waals surface area (Å²) in [5.74, 6) is 1.12. The van der Waals surface area contributed by atoms with Crippen LogP contribution in [0.4, 0.5) is 0 Å². The van der Waals surface area contributed by atoms with Crippen LogP contribution in [-0.4, -0.2) is 30.8 Å². The maximum atomic E-state index is 6.32. The van der Waals surface area contributed by atoms with Crippen LogP contribution in [0.25, 0.3) is 0 Å². The van der Waals surface area contributed by atoms with Crippen molar-refractivity contribution in [2.24, 2.45) is 5.50 Å². The molecule has 0 amide bonds. The van der Waals surface area contributed by atoms with Gasteiger partial charge in [0.1, 0.15) is 14.1 Å². The predicted octanol–water partition coefficient (Wildman–Crippen LogP) is 3.90. The Morgan fingerprint density at radius 2 is 1.81 bits per heavy atom. The quantitative estimate of drug-likeness (QED) is 0.508. The maximum absolute atomic E-state index is 6.32. The Hall–Kier alpha value is 0.500. The van der Waals surface area contributed by atoms with E-state index in [9.17, 15) is 0 Å². The van der Waals surface area contributed by atoms with Gasteiger partial charge in [-0.05, 0) is 24.2 Å². The molecule has 16 heavy (non-hydrogen) atoms. The first kappa shape index (κ1) is 16.5. The molecule has 2 N–H and O–H groups in total. The van der Waals surface area contributed by atoms with Crippen LogP contribution in [0.2, 0.25) is 0 Å². The fourth-order valence-electron chi connectivity index (χ4n) is 1.21. The Bertz CT molecular complexity index is 230. The lowest BCUT2D eigenvalue weighted by Gasteiger charge is -2.15. The normalized spacial score (nSPS) is 14.8. The van der Waals surface area contributed by atoms with E-state index in [1.807, 2.05) is 25.5 Å². The summed E-state index contributed by atoms with van der Waals surface area (Å²) in [5.41, 5.74) is 6.32. The van der Waals surface area contributed by atoms with Crippen LogP contribution in [0.1, 0.15) is 46.0 Å². The number of unbranched alkanes of at least 4 members (excludes halogenated alkanes) is 3. The number of hydrogen-bond acceptors (Lipinski definition) is 2. The van der Waals surface area contributed by atoms with E-state index in [4.69, 9.17) is 10.0 Å². The van der Waals surface area contributed by atoms with Crippen LogP contribution >= 0.6 is 18.0 Å². The molecule has 1 atom stereocenters. The first-order valence-corrected chi connectivity index (χ1v) is 9.53. The van der Waals surface area contributed by atoms with E-state index in [0.29, 0.717) is 0 Å². The Balaban J connectivity index is 4.00. The van der Waals surface area contributed by atoms with Gasteiger partial charge in [0.25, 0.3) is 0 Å². The second-order valence-electron chi connectivity index (χ2n) is 4.14. The van der Waals surface area contributed by atoms with Crippen LogP contribution < -0.4 is 5.50 Å². The van der Waals surface area contributed by atoms with Gasteiger partial charge in [-0.15, -0.1) is 0 Å². The minimum Gasteiger partial charge on any atom is -0.292 e. The number of nitrogens with two attached hydrogens (primary N) is 1. The smallest absolute Gasteiger partial charge is 0.292 e. The molecule has 0 aliphatic carbocycles. The molecule has 0 aromatic rings. The first-order chi connectivity index (χ1) is 7.56. The molecule has 0 aromatic heterocycles. The van der Waals surface area contributed by atoms with Gasteiger partial charge in [-0.3, -0.25) is 4.52 Å². The predicted molar refractivity (Wildman–Crippen MR) is 76.1 cm³/mol. The summed E-state index contributed by atoms with van der Waals surface area (Å²) < 4.78 is 7.89. The molecule has 0 bridgehead atoms. The lowest BCUT2D eigenvalue weighted by Crippen LogP contribution is -2.09. The molecule has 0 fully saturated rings. The van der Waals surface area contributed by atoms with Crippen molar-refractivity contribution in [1.82, 2.24) is 0 Å². The summed E-state index contributed by atoms with van der Waals surface area (Å²) in [7, 11) is 4.03. The molecule has 0 spiro atoms. The molecule has 0 saturated carbocycles. The van der Waals surface area contributed by atoms with E-state index < -0.39 is 6.63 Å². The average molecular weight is 267 g/mol. The van der Waals surface area contributed by atoms with Crippen LogP contribution in [0, 0.1) is 0 Å². The van der Waals surface area contributed by atoms with Gasteiger partial charge in [0, 0.05) is 5.75 Å². The van der Waals surface area contributed by atoms with Gasteiger partial charge >= 0.3 is 6.63 Å². The first-order valence-electron chi connectivity index (χ1n) is 6.21.